The van der Waals surface area contributed by atoms with Crippen LogP contribution >= 0.6 is 0 Å². The summed E-state index contributed by atoms with van der Waals surface area (Å²) in [5.41, 5.74) is 1.63. The Bertz CT molecular complexity index is 784. The predicted octanol–water partition coefficient (Wildman–Crippen LogP) is 3.12. The molecule has 0 unspecified atom stereocenters. The first-order valence-electron chi connectivity index (χ1n) is 8.18. The molecular formula is C18H22FN3O3. The number of nitrogens with one attached hydrogen (secondary N) is 1. The van der Waals surface area contributed by atoms with Crippen molar-refractivity contribution in [3.05, 3.63) is 47.0 Å². The SMILES string of the molecule is CCc1c(C(=O)Nc2ccc(CC(=O)O)c(F)c2)cnn1CC(C)C. The molecule has 0 aliphatic heterocycles. The van der Waals surface area contributed by atoms with E-state index in [1.807, 2.05) is 11.6 Å². The quantitative estimate of drug-likeness (QED) is 0.806. The average Bonchev–Trinajstić information content (AvgIpc) is 2.91. The Hall–Kier alpha value is -2.70. The zero-order valence-corrected chi connectivity index (χ0v) is 14.5. The number of carboxylic acids is 1. The van der Waals surface area contributed by atoms with Crippen LogP contribution in [0.15, 0.2) is 24.4 Å². The fourth-order valence-corrected chi connectivity index (χ4v) is 2.61. The Morgan fingerprint density at radius 3 is 2.64 bits per heavy atom. The van der Waals surface area contributed by atoms with Gasteiger partial charge in [0.05, 0.1) is 23.9 Å². The molecular weight excluding hydrogens is 325 g/mol. The maximum absolute atomic E-state index is 13.9. The highest BCUT2D eigenvalue weighted by molar-refractivity contribution is 6.05. The minimum Gasteiger partial charge on any atom is -0.481 e. The molecule has 0 saturated heterocycles. The summed E-state index contributed by atoms with van der Waals surface area (Å²) in [6.45, 7) is 6.81. The normalized spacial score (nSPS) is 10.9. The fraction of sp³-hybridized carbons (Fsp3) is 0.389. The summed E-state index contributed by atoms with van der Waals surface area (Å²) < 4.78 is 15.7. The number of aromatic nitrogens is 2. The van der Waals surface area contributed by atoms with E-state index in [2.05, 4.69) is 24.3 Å². The third-order valence-corrected chi connectivity index (χ3v) is 3.72. The van der Waals surface area contributed by atoms with E-state index in [-0.39, 0.29) is 17.2 Å². The summed E-state index contributed by atoms with van der Waals surface area (Å²) >= 11 is 0. The highest BCUT2D eigenvalue weighted by atomic mass is 19.1. The third kappa shape index (κ3) is 4.65. The van der Waals surface area contributed by atoms with E-state index in [0.717, 1.165) is 18.3 Å². The van der Waals surface area contributed by atoms with Crippen molar-refractivity contribution in [1.29, 1.82) is 0 Å². The summed E-state index contributed by atoms with van der Waals surface area (Å²) in [6.07, 6.45) is 1.77. The molecule has 6 nitrogen and oxygen atoms in total. The zero-order chi connectivity index (χ0) is 18.6. The number of anilines is 1. The number of hydrogen-bond donors (Lipinski definition) is 2. The standard InChI is InChI=1S/C18H22FN3O3/c1-4-16-14(9-20-22(16)10-11(2)3)18(25)21-13-6-5-12(7-17(23)24)15(19)8-13/h5-6,8-9,11H,4,7,10H2,1-3H3,(H,21,25)(H,23,24). The van der Waals surface area contributed by atoms with Crippen molar-refractivity contribution in [2.45, 2.75) is 40.2 Å². The molecule has 2 N–H and O–H groups in total. The first kappa shape index (κ1) is 18.6. The van der Waals surface area contributed by atoms with Gasteiger partial charge < -0.3 is 10.4 Å². The number of carbonyl (C=O) groups excluding carboxylic acids is 1. The molecule has 1 aromatic heterocycles. The smallest absolute Gasteiger partial charge is 0.307 e. The van der Waals surface area contributed by atoms with Gasteiger partial charge in [-0.15, -0.1) is 0 Å². The minimum atomic E-state index is -1.11. The van der Waals surface area contributed by atoms with E-state index in [1.165, 1.54) is 18.3 Å². The number of rotatable bonds is 7. The van der Waals surface area contributed by atoms with Gasteiger partial charge in [0.1, 0.15) is 5.82 Å². The molecule has 1 amide bonds. The van der Waals surface area contributed by atoms with Crippen molar-refractivity contribution < 1.29 is 19.1 Å². The highest BCUT2D eigenvalue weighted by Gasteiger charge is 2.17. The van der Waals surface area contributed by atoms with Gasteiger partial charge in [0.15, 0.2) is 0 Å². The van der Waals surface area contributed by atoms with Crippen LogP contribution in [0.4, 0.5) is 10.1 Å². The van der Waals surface area contributed by atoms with Gasteiger partial charge in [-0.3, -0.25) is 14.3 Å². The molecule has 0 bridgehead atoms. The van der Waals surface area contributed by atoms with Gasteiger partial charge in [-0.25, -0.2) is 4.39 Å². The van der Waals surface area contributed by atoms with Crippen LogP contribution in [0, 0.1) is 11.7 Å². The van der Waals surface area contributed by atoms with Crippen molar-refractivity contribution in [2.24, 2.45) is 5.92 Å². The second-order valence-electron chi connectivity index (χ2n) is 6.27. The molecule has 25 heavy (non-hydrogen) atoms. The average molecular weight is 347 g/mol. The number of aliphatic carboxylic acids is 1. The topological polar surface area (TPSA) is 84.2 Å². The molecule has 0 saturated carbocycles. The van der Waals surface area contributed by atoms with E-state index < -0.39 is 18.2 Å². The van der Waals surface area contributed by atoms with Crippen LogP contribution in [-0.2, 0) is 24.2 Å². The van der Waals surface area contributed by atoms with E-state index in [1.54, 1.807) is 0 Å². The molecule has 2 aromatic rings. The first-order valence-corrected chi connectivity index (χ1v) is 8.18. The number of amides is 1. The number of nitrogens with zero attached hydrogens (tertiary/aromatic N) is 2. The Morgan fingerprint density at radius 2 is 2.08 bits per heavy atom. The molecule has 0 aliphatic carbocycles. The van der Waals surface area contributed by atoms with E-state index in [9.17, 15) is 14.0 Å². The molecule has 2 rings (SSSR count). The lowest BCUT2D eigenvalue weighted by molar-refractivity contribution is -0.136. The van der Waals surface area contributed by atoms with Gasteiger partial charge in [-0.1, -0.05) is 26.8 Å². The lowest BCUT2D eigenvalue weighted by Crippen LogP contribution is -2.16. The van der Waals surface area contributed by atoms with Crippen LogP contribution in [0.2, 0.25) is 0 Å². The number of carbonyl (C=O) groups is 2. The largest absolute Gasteiger partial charge is 0.481 e. The van der Waals surface area contributed by atoms with Gasteiger partial charge in [0.2, 0.25) is 0 Å². The first-order chi connectivity index (χ1) is 11.8. The van der Waals surface area contributed by atoms with E-state index in [0.29, 0.717) is 17.9 Å². The summed E-state index contributed by atoms with van der Waals surface area (Å²) in [5, 5.41) is 15.6. The number of benzene rings is 1. The molecule has 0 spiro atoms. The predicted molar refractivity (Wildman–Crippen MR) is 92.1 cm³/mol. The maximum atomic E-state index is 13.9. The van der Waals surface area contributed by atoms with Gasteiger partial charge in [-0.05, 0) is 30.0 Å². The minimum absolute atomic E-state index is 0.0736. The van der Waals surface area contributed by atoms with Crippen molar-refractivity contribution in [3.63, 3.8) is 0 Å². The van der Waals surface area contributed by atoms with E-state index >= 15 is 0 Å². The second kappa shape index (κ2) is 7.92. The van der Waals surface area contributed by atoms with Gasteiger partial charge in [0, 0.05) is 12.2 Å². The van der Waals surface area contributed by atoms with Crippen LogP contribution in [0.1, 0.15) is 42.4 Å². The Morgan fingerprint density at radius 1 is 1.36 bits per heavy atom. The Labute approximate surface area is 145 Å². The lowest BCUT2D eigenvalue weighted by Gasteiger charge is -2.11. The third-order valence-electron chi connectivity index (χ3n) is 3.72. The summed E-state index contributed by atoms with van der Waals surface area (Å²) in [5.74, 6) is -1.73. The molecule has 1 aromatic carbocycles. The lowest BCUT2D eigenvalue weighted by atomic mass is 10.1. The van der Waals surface area contributed by atoms with Crippen molar-refractivity contribution >= 4 is 17.6 Å². The van der Waals surface area contributed by atoms with Crippen LogP contribution in [0.3, 0.4) is 0 Å². The summed E-state index contributed by atoms with van der Waals surface area (Å²) in [6, 6.07) is 3.98. The molecule has 134 valence electrons. The number of carboxylic acid groups (broad SMARTS) is 1. The molecule has 0 aliphatic rings. The van der Waals surface area contributed by atoms with Crippen LogP contribution < -0.4 is 5.32 Å². The van der Waals surface area contributed by atoms with Gasteiger partial charge >= 0.3 is 5.97 Å². The highest BCUT2D eigenvalue weighted by Crippen LogP contribution is 2.18. The molecule has 0 atom stereocenters. The monoisotopic (exact) mass is 347 g/mol. The molecule has 0 radical (unpaired) electrons. The summed E-state index contributed by atoms with van der Waals surface area (Å²) in [4.78, 5) is 23.2. The van der Waals surface area contributed by atoms with Gasteiger partial charge in [-0.2, -0.15) is 5.10 Å². The van der Waals surface area contributed by atoms with Gasteiger partial charge in [0.25, 0.3) is 5.91 Å². The van der Waals surface area contributed by atoms with E-state index in [4.69, 9.17) is 5.11 Å². The fourth-order valence-electron chi connectivity index (χ4n) is 2.61. The van der Waals surface area contributed by atoms with Crippen LogP contribution in [0.25, 0.3) is 0 Å². The Kier molecular flexibility index (Phi) is 5.90. The summed E-state index contributed by atoms with van der Waals surface area (Å²) in [7, 11) is 0. The van der Waals surface area contributed by atoms with Crippen LogP contribution in [-0.4, -0.2) is 26.8 Å². The maximum Gasteiger partial charge on any atom is 0.307 e. The zero-order valence-electron chi connectivity index (χ0n) is 14.5. The molecule has 1 heterocycles. The van der Waals surface area contributed by atoms with Crippen LogP contribution in [0.5, 0.6) is 0 Å². The number of hydrogen-bond acceptors (Lipinski definition) is 3. The number of halogens is 1. The molecule has 7 heteroatoms. The molecule has 0 fully saturated rings. The second-order valence-corrected chi connectivity index (χ2v) is 6.27. The van der Waals surface area contributed by atoms with Crippen molar-refractivity contribution in [1.82, 2.24) is 9.78 Å². The van der Waals surface area contributed by atoms with Crippen molar-refractivity contribution in [2.75, 3.05) is 5.32 Å². The van der Waals surface area contributed by atoms with Crippen molar-refractivity contribution in [3.8, 4) is 0 Å². The Balaban J connectivity index is 2.18.